The second kappa shape index (κ2) is 5.56. The molecule has 0 unspecified atom stereocenters. The maximum atomic E-state index is 12.3. The predicted molar refractivity (Wildman–Crippen MR) is 88.3 cm³/mol. The van der Waals surface area contributed by atoms with Gasteiger partial charge in [0.1, 0.15) is 0 Å². The first-order valence-electron chi connectivity index (χ1n) is 8.08. The summed E-state index contributed by atoms with van der Waals surface area (Å²) in [5.74, 6) is 1.92. The summed E-state index contributed by atoms with van der Waals surface area (Å²) in [5, 5.41) is 4.04. The first kappa shape index (κ1) is 15.6. The summed E-state index contributed by atoms with van der Waals surface area (Å²) in [6.07, 6.45) is 3.11. The lowest BCUT2D eigenvalue weighted by atomic mass is 10.2. The summed E-state index contributed by atoms with van der Waals surface area (Å²) >= 11 is 0. The van der Waals surface area contributed by atoms with E-state index in [2.05, 4.69) is 15.0 Å². The van der Waals surface area contributed by atoms with Crippen molar-refractivity contribution in [2.45, 2.75) is 36.6 Å². The summed E-state index contributed by atoms with van der Waals surface area (Å²) in [6.45, 7) is 1.38. The number of nitrogens with zero attached hydrogens (tertiary/aromatic N) is 4. The summed E-state index contributed by atoms with van der Waals surface area (Å²) in [6, 6.07) is 5.31. The van der Waals surface area contributed by atoms with E-state index < -0.39 is 10.0 Å². The Morgan fingerprint density at radius 2 is 2.12 bits per heavy atom. The predicted octanol–water partition coefficient (Wildman–Crippen LogP) is 1.76. The molecule has 128 valence electrons. The molecule has 4 rings (SSSR count). The van der Waals surface area contributed by atoms with Crippen LogP contribution in [0.2, 0.25) is 0 Å². The quantitative estimate of drug-likeness (QED) is 0.819. The van der Waals surface area contributed by atoms with Crippen LogP contribution in [-0.2, 0) is 23.0 Å². The van der Waals surface area contributed by atoms with Gasteiger partial charge in [-0.3, -0.25) is 0 Å². The highest BCUT2D eigenvalue weighted by Crippen LogP contribution is 2.38. The monoisotopic (exact) mass is 348 g/mol. The fourth-order valence-electron chi connectivity index (χ4n) is 2.98. The molecule has 0 saturated heterocycles. The maximum Gasteiger partial charge on any atom is 0.246 e. The second-order valence-corrected chi connectivity index (χ2v) is 8.72. The summed E-state index contributed by atoms with van der Waals surface area (Å²) in [5.41, 5.74) is 2.08. The zero-order valence-corrected chi connectivity index (χ0v) is 14.6. The van der Waals surface area contributed by atoms with Gasteiger partial charge >= 0.3 is 0 Å². The molecule has 0 N–H and O–H groups in total. The van der Waals surface area contributed by atoms with Gasteiger partial charge in [0.15, 0.2) is 5.82 Å². The van der Waals surface area contributed by atoms with E-state index in [1.54, 1.807) is 26.2 Å². The van der Waals surface area contributed by atoms with Crippen molar-refractivity contribution in [2.75, 3.05) is 25.5 Å². The first-order chi connectivity index (χ1) is 11.4. The molecule has 1 saturated carbocycles. The molecule has 1 aliphatic carbocycles. The van der Waals surface area contributed by atoms with Gasteiger partial charge in [-0.2, -0.15) is 4.98 Å². The topological polar surface area (TPSA) is 79.5 Å². The molecule has 1 fully saturated rings. The van der Waals surface area contributed by atoms with Crippen LogP contribution in [-0.4, -0.2) is 43.5 Å². The average molecular weight is 348 g/mol. The summed E-state index contributed by atoms with van der Waals surface area (Å²) in [4.78, 5) is 6.96. The Morgan fingerprint density at radius 3 is 2.83 bits per heavy atom. The number of hydrogen-bond acceptors (Lipinski definition) is 6. The molecule has 0 bridgehead atoms. The lowest BCUT2D eigenvalue weighted by Gasteiger charge is -2.17. The number of sulfonamides is 1. The molecule has 1 aromatic heterocycles. The van der Waals surface area contributed by atoms with E-state index in [0.29, 0.717) is 23.2 Å². The number of benzene rings is 1. The van der Waals surface area contributed by atoms with Crippen LogP contribution in [0.5, 0.6) is 0 Å². The van der Waals surface area contributed by atoms with Crippen molar-refractivity contribution in [1.29, 1.82) is 0 Å². The molecule has 1 aliphatic heterocycles. The largest absolute Gasteiger partial charge is 0.362 e. The molecular weight excluding hydrogens is 328 g/mol. The van der Waals surface area contributed by atoms with E-state index in [4.69, 9.17) is 4.52 Å². The zero-order valence-electron chi connectivity index (χ0n) is 13.8. The van der Waals surface area contributed by atoms with Crippen LogP contribution in [0, 0.1) is 0 Å². The van der Waals surface area contributed by atoms with Crippen molar-refractivity contribution in [2.24, 2.45) is 0 Å². The van der Waals surface area contributed by atoms with Crippen LogP contribution in [0.1, 0.15) is 36.0 Å². The molecule has 1 aromatic carbocycles. The highest BCUT2D eigenvalue weighted by Gasteiger charge is 2.30. The van der Waals surface area contributed by atoms with E-state index in [1.807, 2.05) is 6.07 Å². The van der Waals surface area contributed by atoms with Crippen molar-refractivity contribution in [1.82, 2.24) is 14.4 Å². The maximum absolute atomic E-state index is 12.3. The van der Waals surface area contributed by atoms with Gasteiger partial charge in [0, 0.05) is 32.2 Å². The first-order valence-corrected chi connectivity index (χ1v) is 9.52. The van der Waals surface area contributed by atoms with Crippen molar-refractivity contribution in [3.8, 4) is 0 Å². The van der Waals surface area contributed by atoms with Crippen LogP contribution >= 0.6 is 0 Å². The molecular formula is C16H20N4O3S. The number of rotatable bonds is 5. The van der Waals surface area contributed by atoms with Crippen LogP contribution in [0.25, 0.3) is 0 Å². The number of aromatic nitrogens is 2. The average Bonchev–Trinajstić information content (AvgIpc) is 3.18. The smallest absolute Gasteiger partial charge is 0.246 e. The Hall–Kier alpha value is -1.93. The van der Waals surface area contributed by atoms with E-state index in [-0.39, 0.29) is 0 Å². The zero-order chi connectivity index (χ0) is 16.9. The molecule has 0 radical (unpaired) electrons. The standard InChI is InChI=1S/C16H20N4O3S/c1-19(2)24(21,22)13-5-6-14-12(9-13)7-8-20(14)10-15-17-16(18-23-15)11-3-4-11/h5-6,9,11H,3-4,7-8,10H2,1-2H3. The third-order valence-corrected chi connectivity index (χ3v) is 6.38. The second-order valence-electron chi connectivity index (χ2n) is 6.57. The fraction of sp³-hybridized carbons (Fsp3) is 0.500. The minimum absolute atomic E-state index is 0.335. The Bertz CT molecular complexity index is 871. The molecule has 7 nitrogen and oxygen atoms in total. The number of hydrogen-bond donors (Lipinski definition) is 0. The van der Waals surface area contributed by atoms with E-state index in [0.717, 1.165) is 42.9 Å². The Kier molecular flexibility index (Phi) is 3.61. The third kappa shape index (κ3) is 2.69. The van der Waals surface area contributed by atoms with Crippen LogP contribution in [0.4, 0.5) is 5.69 Å². The lowest BCUT2D eigenvalue weighted by molar-refractivity contribution is 0.371. The Labute approximate surface area is 141 Å². The van der Waals surface area contributed by atoms with Crippen molar-refractivity contribution < 1.29 is 12.9 Å². The summed E-state index contributed by atoms with van der Waals surface area (Å²) in [7, 11) is -0.313. The van der Waals surface area contributed by atoms with Gasteiger partial charge < -0.3 is 9.42 Å². The third-order valence-electron chi connectivity index (χ3n) is 4.57. The molecule has 2 aliphatic rings. The van der Waals surface area contributed by atoms with E-state index in [1.165, 1.54) is 4.31 Å². The fourth-order valence-corrected chi connectivity index (χ4v) is 3.94. The van der Waals surface area contributed by atoms with Gasteiger partial charge in [0.2, 0.25) is 15.9 Å². The number of fused-ring (bicyclic) bond motifs is 1. The highest BCUT2D eigenvalue weighted by atomic mass is 32.2. The van der Waals surface area contributed by atoms with Crippen LogP contribution in [0.15, 0.2) is 27.6 Å². The molecule has 2 aromatic rings. The SMILES string of the molecule is CN(C)S(=O)(=O)c1ccc2c(c1)CCN2Cc1nc(C2CC2)no1. The van der Waals surface area contributed by atoms with Crippen molar-refractivity contribution in [3.63, 3.8) is 0 Å². The van der Waals surface area contributed by atoms with E-state index in [9.17, 15) is 8.42 Å². The minimum Gasteiger partial charge on any atom is -0.362 e. The lowest BCUT2D eigenvalue weighted by Crippen LogP contribution is -2.22. The van der Waals surface area contributed by atoms with Gasteiger partial charge in [-0.15, -0.1) is 0 Å². The molecule has 0 spiro atoms. The van der Waals surface area contributed by atoms with Crippen LogP contribution < -0.4 is 4.90 Å². The Balaban J connectivity index is 1.55. The van der Waals surface area contributed by atoms with Crippen LogP contribution in [0.3, 0.4) is 0 Å². The number of anilines is 1. The van der Waals surface area contributed by atoms with Crippen molar-refractivity contribution in [3.05, 3.63) is 35.5 Å². The van der Waals surface area contributed by atoms with Crippen molar-refractivity contribution >= 4 is 15.7 Å². The molecule has 2 heterocycles. The van der Waals surface area contributed by atoms with E-state index >= 15 is 0 Å². The Morgan fingerprint density at radius 1 is 1.33 bits per heavy atom. The molecule has 8 heteroatoms. The minimum atomic E-state index is -3.40. The molecule has 0 atom stereocenters. The van der Waals surface area contributed by atoms with Gasteiger partial charge in [0.05, 0.1) is 11.4 Å². The highest BCUT2D eigenvalue weighted by molar-refractivity contribution is 7.89. The van der Waals surface area contributed by atoms with Gasteiger partial charge in [0.25, 0.3) is 0 Å². The van der Waals surface area contributed by atoms with Gasteiger partial charge in [-0.25, -0.2) is 12.7 Å². The normalized spacial score (nSPS) is 17.5. The summed E-state index contributed by atoms with van der Waals surface area (Å²) < 4.78 is 31.1. The van der Waals surface area contributed by atoms with Gasteiger partial charge in [-0.05, 0) is 43.0 Å². The molecule has 24 heavy (non-hydrogen) atoms. The van der Waals surface area contributed by atoms with Gasteiger partial charge in [-0.1, -0.05) is 5.16 Å². The molecule has 0 amide bonds.